The second-order valence-corrected chi connectivity index (χ2v) is 10.1. The summed E-state index contributed by atoms with van der Waals surface area (Å²) in [5.74, 6) is 0.136. The number of nitrogens with zero attached hydrogens (tertiary/aromatic N) is 2. The van der Waals surface area contributed by atoms with Crippen LogP contribution in [0.1, 0.15) is 31.8 Å². The molecule has 9 heteroatoms. The summed E-state index contributed by atoms with van der Waals surface area (Å²) in [7, 11) is 1.31. The molecule has 0 aliphatic carbocycles. The van der Waals surface area contributed by atoms with Crippen LogP contribution in [0.3, 0.4) is 0 Å². The lowest BCUT2D eigenvalue weighted by Crippen LogP contribution is -2.23. The first-order valence-corrected chi connectivity index (χ1v) is 13.3. The van der Waals surface area contributed by atoms with Crippen molar-refractivity contribution in [1.29, 1.82) is 0 Å². The number of carbonyl (C=O) groups excluding carboxylic acids is 2. The highest BCUT2D eigenvalue weighted by Gasteiger charge is 2.13. The molecule has 1 amide bonds. The third-order valence-corrected chi connectivity index (χ3v) is 7.16. The monoisotopic (exact) mass is 602 g/mol. The van der Waals surface area contributed by atoms with Gasteiger partial charge in [-0.25, -0.2) is 9.78 Å². The van der Waals surface area contributed by atoms with Crippen LogP contribution in [0.15, 0.2) is 95.6 Å². The number of anilines is 1. The third kappa shape index (κ3) is 5.97. The van der Waals surface area contributed by atoms with Gasteiger partial charge in [0.2, 0.25) is 0 Å². The summed E-state index contributed by atoms with van der Waals surface area (Å²) in [6.45, 7) is 0.947. The van der Waals surface area contributed by atoms with Crippen LogP contribution in [0.4, 0.5) is 5.82 Å². The van der Waals surface area contributed by atoms with E-state index in [0.717, 1.165) is 38.3 Å². The normalized spacial score (nSPS) is 10.8. The van der Waals surface area contributed by atoms with E-state index in [1.54, 1.807) is 18.2 Å². The molecule has 2 aromatic heterocycles. The highest BCUT2D eigenvalue weighted by molar-refractivity contribution is 9.10. The van der Waals surface area contributed by atoms with Gasteiger partial charge in [-0.2, -0.15) is 0 Å². The Morgan fingerprint density at radius 3 is 2.38 bits per heavy atom. The molecule has 39 heavy (non-hydrogen) atoms. The van der Waals surface area contributed by atoms with Crippen LogP contribution in [0.25, 0.3) is 16.9 Å². The van der Waals surface area contributed by atoms with Gasteiger partial charge in [0.05, 0.1) is 22.8 Å². The highest BCUT2D eigenvalue weighted by Crippen LogP contribution is 2.31. The summed E-state index contributed by atoms with van der Waals surface area (Å²) in [5, 5.41) is 7.04. The summed E-state index contributed by atoms with van der Waals surface area (Å²) in [4.78, 5) is 29.1. The van der Waals surface area contributed by atoms with E-state index in [9.17, 15) is 9.59 Å². The summed E-state index contributed by atoms with van der Waals surface area (Å²) in [6.07, 6.45) is 1.96. The Morgan fingerprint density at radius 2 is 1.64 bits per heavy atom. The second kappa shape index (κ2) is 11.7. The lowest BCUT2D eigenvalue weighted by atomic mass is 10.1. The summed E-state index contributed by atoms with van der Waals surface area (Å²) < 4.78 is 7.61. The minimum Gasteiger partial charge on any atom is -0.465 e. The lowest BCUT2D eigenvalue weighted by molar-refractivity contribution is 0.0600. The van der Waals surface area contributed by atoms with E-state index in [1.807, 2.05) is 71.3 Å². The number of nitrogens with one attached hydrogen (secondary N) is 2. The molecule has 0 aliphatic heterocycles. The average molecular weight is 604 g/mol. The van der Waals surface area contributed by atoms with Crippen molar-refractivity contribution in [3.05, 3.63) is 123 Å². The van der Waals surface area contributed by atoms with E-state index >= 15 is 0 Å². The Labute approximate surface area is 238 Å². The number of carbonyl (C=O) groups is 2. The Hall–Kier alpha value is -4.14. The quantitative estimate of drug-likeness (QED) is 0.192. The van der Waals surface area contributed by atoms with Gasteiger partial charge in [-0.1, -0.05) is 60.1 Å². The molecule has 0 unspecified atom stereocenters. The fourth-order valence-electron chi connectivity index (χ4n) is 4.15. The molecular weight excluding hydrogens is 580 g/mol. The van der Waals surface area contributed by atoms with Crippen LogP contribution in [-0.2, 0) is 17.8 Å². The van der Waals surface area contributed by atoms with Crippen molar-refractivity contribution in [2.75, 3.05) is 12.4 Å². The summed E-state index contributed by atoms with van der Waals surface area (Å²) in [5.41, 5.74) is 5.19. The zero-order valence-corrected chi connectivity index (χ0v) is 23.3. The van der Waals surface area contributed by atoms with Crippen molar-refractivity contribution in [3.8, 4) is 11.3 Å². The van der Waals surface area contributed by atoms with Crippen LogP contribution in [-0.4, -0.2) is 28.4 Å². The number of fused-ring (bicyclic) bond motifs is 1. The molecule has 0 saturated carbocycles. The Morgan fingerprint density at radius 1 is 0.923 bits per heavy atom. The van der Waals surface area contributed by atoms with E-state index in [-0.39, 0.29) is 5.91 Å². The number of hydrogen-bond acceptors (Lipinski definition) is 5. The van der Waals surface area contributed by atoms with Crippen molar-refractivity contribution in [1.82, 2.24) is 14.7 Å². The molecule has 0 bridgehead atoms. The number of benzene rings is 3. The standard InChI is InChI=1S/C30H24BrClN4O3/c1-39-30(38)22-6-4-5-21(15-22)29(37)34-18-20-11-9-19(10-12-20)17-33-27-16-26(23-7-2-3-8-25(23)32)35-28-24(31)13-14-36(27)28/h2-16,33H,17-18H2,1H3,(H,34,37). The molecule has 0 aliphatic rings. The molecule has 2 N–H and O–H groups in total. The van der Waals surface area contributed by atoms with Gasteiger partial charge < -0.3 is 15.4 Å². The number of aromatic nitrogens is 2. The number of methoxy groups -OCH3 is 1. The zero-order valence-electron chi connectivity index (χ0n) is 20.9. The first-order valence-electron chi connectivity index (χ1n) is 12.1. The van der Waals surface area contributed by atoms with Crippen molar-refractivity contribution in [2.24, 2.45) is 0 Å². The first kappa shape index (κ1) is 26.5. The largest absolute Gasteiger partial charge is 0.465 e. The summed E-state index contributed by atoms with van der Waals surface area (Å²) >= 11 is 10.0. The van der Waals surface area contributed by atoms with Crippen molar-refractivity contribution in [3.63, 3.8) is 0 Å². The van der Waals surface area contributed by atoms with E-state index in [0.29, 0.717) is 29.2 Å². The SMILES string of the molecule is COC(=O)c1cccc(C(=O)NCc2ccc(CNc3cc(-c4ccccc4Cl)nc4c(Br)ccn34)cc2)c1. The van der Waals surface area contributed by atoms with E-state index in [2.05, 4.69) is 26.6 Å². The predicted molar refractivity (Wildman–Crippen MR) is 156 cm³/mol. The van der Waals surface area contributed by atoms with Gasteiger partial charge in [0.1, 0.15) is 5.82 Å². The van der Waals surface area contributed by atoms with Gasteiger partial charge in [0.25, 0.3) is 5.91 Å². The molecule has 7 nitrogen and oxygen atoms in total. The molecule has 3 aromatic carbocycles. The number of amides is 1. The maximum atomic E-state index is 12.6. The fraction of sp³-hybridized carbons (Fsp3) is 0.100. The van der Waals surface area contributed by atoms with Crippen LogP contribution in [0.2, 0.25) is 5.02 Å². The van der Waals surface area contributed by atoms with Gasteiger partial charge >= 0.3 is 5.97 Å². The van der Waals surface area contributed by atoms with Gasteiger partial charge in [-0.05, 0) is 57.4 Å². The van der Waals surface area contributed by atoms with E-state index in [1.165, 1.54) is 13.2 Å². The third-order valence-electron chi connectivity index (χ3n) is 6.22. The molecule has 5 aromatic rings. The minimum atomic E-state index is -0.481. The molecule has 2 heterocycles. The molecule has 0 spiro atoms. The number of rotatable bonds is 8. The number of halogens is 2. The summed E-state index contributed by atoms with van der Waals surface area (Å²) in [6, 6.07) is 26.0. The molecule has 5 rings (SSSR count). The lowest BCUT2D eigenvalue weighted by Gasteiger charge is -2.13. The Balaban J connectivity index is 1.26. The second-order valence-electron chi connectivity index (χ2n) is 8.79. The first-order chi connectivity index (χ1) is 18.9. The average Bonchev–Trinajstić information content (AvgIpc) is 3.35. The maximum Gasteiger partial charge on any atom is 0.337 e. The molecule has 0 radical (unpaired) electrons. The van der Waals surface area contributed by atoms with Crippen molar-refractivity contribution in [2.45, 2.75) is 13.1 Å². The van der Waals surface area contributed by atoms with Gasteiger partial charge in [0.15, 0.2) is 5.65 Å². The Bertz CT molecular complexity index is 1670. The zero-order chi connectivity index (χ0) is 27.4. The Kier molecular flexibility index (Phi) is 7.95. The minimum absolute atomic E-state index is 0.264. The van der Waals surface area contributed by atoms with Gasteiger partial charge in [0, 0.05) is 41.5 Å². The van der Waals surface area contributed by atoms with Gasteiger partial charge in [-0.3, -0.25) is 9.20 Å². The topological polar surface area (TPSA) is 84.7 Å². The molecule has 0 saturated heterocycles. The molecule has 0 atom stereocenters. The van der Waals surface area contributed by atoms with Crippen LogP contribution in [0.5, 0.6) is 0 Å². The van der Waals surface area contributed by atoms with Crippen molar-refractivity contribution < 1.29 is 14.3 Å². The van der Waals surface area contributed by atoms with E-state index < -0.39 is 5.97 Å². The number of esters is 1. The molecule has 0 fully saturated rings. The highest BCUT2D eigenvalue weighted by atomic mass is 79.9. The van der Waals surface area contributed by atoms with Crippen LogP contribution < -0.4 is 10.6 Å². The van der Waals surface area contributed by atoms with Crippen molar-refractivity contribution >= 4 is 50.9 Å². The fourth-order valence-corrected chi connectivity index (χ4v) is 4.78. The maximum absolute atomic E-state index is 12.6. The smallest absolute Gasteiger partial charge is 0.337 e. The molecular formula is C30H24BrClN4O3. The van der Waals surface area contributed by atoms with Crippen LogP contribution >= 0.6 is 27.5 Å². The van der Waals surface area contributed by atoms with E-state index in [4.69, 9.17) is 21.3 Å². The number of ether oxygens (including phenoxy) is 1. The predicted octanol–water partition coefficient (Wildman–Crippen LogP) is 6.75. The van der Waals surface area contributed by atoms with Crippen LogP contribution in [0, 0.1) is 0 Å². The molecule has 196 valence electrons. The number of hydrogen-bond donors (Lipinski definition) is 2. The van der Waals surface area contributed by atoms with Gasteiger partial charge in [-0.15, -0.1) is 0 Å².